The number of rotatable bonds is 17. The molecule has 1 aliphatic heterocycles. The van der Waals surface area contributed by atoms with Crippen molar-refractivity contribution in [2.24, 2.45) is 15.3 Å². The lowest BCUT2D eigenvalue weighted by molar-refractivity contribution is -0.645. The molecule has 0 saturated carbocycles. The molecular formula is C89H76ClF6N9O13S4. The summed E-state index contributed by atoms with van der Waals surface area (Å²) < 4.78 is 185. The van der Waals surface area contributed by atoms with Crippen molar-refractivity contribution >= 4 is 74.3 Å². The van der Waals surface area contributed by atoms with E-state index in [-0.39, 0.29) is 37.7 Å². The van der Waals surface area contributed by atoms with Crippen LogP contribution in [0.4, 0.5) is 26.3 Å². The predicted octanol–water partition coefficient (Wildman–Crippen LogP) is 17.6. The summed E-state index contributed by atoms with van der Waals surface area (Å²) in [6.07, 6.45) is -2.80. The fourth-order valence-corrected chi connectivity index (χ4v) is 14.9. The Bertz CT molecular complexity index is 6630. The zero-order chi connectivity index (χ0) is 88.2. The number of carbonyl (C=O) groups is 1. The standard InChI is InChI=1S/C20H20N2O2.C18H15ClN2O2S.C18H13F3O4S.C17H14F3N3O2S.C16H14N2O3S/c1-3-18(23)21-13-15-9-11-16(12-10-15)19-14(2)24-22-20(19)17-7-5-4-6-8-17;1-12-3-4-14(10-20-12)18-17(9-15(19)11-21-18)13-5-7-16(8-6-13)24(2,22)23;1-26(23,24)14-8-4-11(5-9-14)15-10-25-17(22)16(15)12-2-6-13(7-3-12)18(19,20)21;1-11-10-16(12-2-4-13(5-3-12)17(18,19)20)23(22-11)14-6-8-15(9-7-14)26(21,24)25;1-11-15(12-7-9-14(10-8-12)22(17,19)20)16(18-21-11)13-5-3-2-4-6-13/h4-12H,3,13H2,1-2H3,(H,21,23);3-11H,1-2H3;2-9H,10H2,1H3;2-10H,1H3,(H2,21,24,25);2-10H,1H3,(H2,17,19,20). The van der Waals surface area contributed by atoms with Crippen LogP contribution in [-0.4, -0.2) is 90.0 Å². The minimum atomic E-state index is -4.46. The second kappa shape index (κ2) is 37.9. The number of nitrogens with two attached hydrogens (primary N) is 2. The first-order valence-electron chi connectivity index (χ1n) is 36.8. The van der Waals surface area contributed by atoms with Crippen molar-refractivity contribution in [1.82, 2.24) is 25.4 Å². The number of esters is 1. The molecule has 0 fully saturated rings. The van der Waals surface area contributed by atoms with E-state index in [1.807, 2.05) is 138 Å². The average molecular weight is 1760 g/mol. The molecule has 22 nitrogen and oxygen atoms in total. The zero-order valence-corrected chi connectivity index (χ0v) is 70.0. The number of aromatic amines is 1. The fraction of sp³-hybridized carbons (Fsp3) is 0.135. The summed E-state index contributed by atoms with van der Waals surface area (Å²) >= 11 is 6.11. The number of cyclic esters (lactones) is 1. The van der Waals surface area contributed by atoms with Crippen LogP contribution in [0.5, 0.6) is 0 Å². The Hall–Kier alpha value is -12.8. The Morgan fingerprint density at radius 3 is 1.37 bits per heavy atom. The number of sulfone groups is 2. The van der Waals surface area contributed by atoms with E-state index in [1.165, 1.54) is 79.1 Å². The molecule has 9 aromatic carbocycles. The summed E-state index contributed by atoms with van der Waals surface area (Å²) in [6.45, 7) is 9.66. The molecule has 33 heteroatoms. The molecule has 0 unspecified atom stereocenters. The van der Waals surface area contributed by atoms with Crippen LogP contribution in [-0.2, 0) is 68.1 Å². The van der Waals surface area contributed by atoms with Crippen LogP contribution in [0.2, 0.25) is 5.02 Å². The monoisotopic (exact) mass is 1760 g/mol. The van der Waals surface area contributed by atoms with Gasteiger partial charge in [0.15, 0.2) is 19.7 Å². The van der Waals surface area contributed by atoms with Crippen molar-refractivity contribution in [3.63, 3.8) is 0 Å². The summed E-state index contributed by atoms with van der Waals surface area (Å²) in [5.41, 5.74) is 15.1. The van der Waals surface area contributed by atoms with Crippen LogP contribution in [0.25, 0.3) is 95.2 Å². The van der Waals surface area contributed by atoms with Gasteiger partial charge in [0.2, 0.25) is 31.4 Å². The first-order chi connectivity index (χ1) is 57.6. The lowest BCUT2D eigenvalue weighted by Crippen LogP contribution is -2.34. The number of benzene rings is 9. The molecule has 15 rings (SSSR count). The largest absolute Gasteiger partial charge is 0.862 e. The number of primary sulfonamides is 2. The number of H-pyrrole nitrogens is 1. The van der Waals surface area contributed by atoms with Crippen molar-refractivity contribution in [3.05, 3.63) is 323 Å². The Balaban J connectivity index is 0.000000149. The van der Waals surface area contributed by atoms with Gasteiger partial charge in [-0.2, -0.15) is 31.4 Å². The maximum atomic E-state index is 12.7. The van der Waals surface area contributed by atoms with Gasteiger partial charge >= 0.3 is 18.3 Å². The molecule has 6 heterocycles. The van der Waals surface area contributed by atoms with Gasteiger partial charge in [-0.05, 0) is 177 Å². The van der Waals surface area contributed by atoms with Gasteiger partial charge in [-0.3, -0.25) is 9.97 Å². The van der Waals surface area contributed by atoms with Gasteiger partial charge < -0.3 is 23.9 Å². The molecule has 0 saturated heterocycles. The van der Waals surface area contributed by atoms with E-state index < -0.39 is 69.2 Å². The zero-order valence-electron chi connectivity index (χ0n) is 65.9. The quantitative estimate of drug-likeness (QED) is 0.0251. The molecule has 0 aliphatic carbocycles. The van der Waals surface area contributed by atoms with Crippen molar-refractivity contribution < 1.29 is 88.4 Å². The number of aryl methyl sites for hydroxylation is 4. The SMILES string of the molecule is CCC([O-])=NCc1ccc(-c2c(-c3ccccc3)noc2C)cc1.CS(=O)(=O)c1ccc(C2=C(c3ccc(C(F)(F)F)cc3)C(=O)OC2)cc1.Cc1cc(-c2ccc(C(F)(F)F)cc2)[n+](-c2ccc(S(N)(=O)=O)cc2)[nH]1.Cc1ccc(-c2ncc(Cl)cc2-c2ccc(S(C)(=O)=O)cc2)cn1.Cc1onc(-c2ccccc2)c1-c1ccc(S(N)(=O)=O)cc1. The van der Waals surface area contributed by atoms with Crippen molar-refractivity contribution in [1.29, 1.82) is 0 Å². The number of sulfonamides is 2. The third kappa shape index (κ3) is 22.8. The maximum absolute atomic E-state index is 12.7. The summed E-state index contributed by atoms with van der Waals surface area (Å²) in [5, 5.41) is 33.4. The topological polar surface area (TPSA) is 348 Å². The Morgan fingerprint density at radius 1 is 0.500 bits per heavy atom. The summed E-state index contributed by atoms with van der Waals surface area (Å²) in [7, 11) is -14.1. The third-order valence-electron chi connectivity index (χ3n) is 18.7. The van der Waals surface area contributed by atoms with Gasteiger partial charge in [-0.15, -0.1) is 0 Å². The number of carbonyl (C=O) groups excluding carboxylic acids is 1. The van der Waals surface area contributed by atoms with Gasteiger partial charge in [0, 0.05) is 82.2 Å². The Kier molecular flexibility index (Phi) is 27.9. The van der Waals surface area contributed by atoms with Crippen LogP contribution in [0.15, 0.2) is 301 Å². The van der Waals surface area contributed by atoms with Crippen molar-refractivity contribution in [2.75, 3.05) is 19.1 Å². The molecule has 0 radical (unpaired) electrons. The highest BCUT2D eigenvalue weighted by Crippen LogP contribution is 2.40. The summed E-state index contributed by atoms with van der Waals surface area (Å²) in [6, 6.07) is 69.0. The number of ether oxygens (including phenoxy) is 1. The molecule has 122 heavy (non-hydrogen) atoms. The van der Waals surface area contributed by atoms with Crippen molar-refractivity contribution in [2.45, 2.75) is 79.5 Å². The van der Waals surface area contributed by atoms with Gasteiger partial charge in [0.05, 0.1) is 70.4 Å². The first kappa shape index (κ1) is 90.0. The van der Waals surface area contributed by atoms with E-state index in [2.05, 4.69) is 30.4 Å². The second-order valence-electron chi connectivity index (χ2n) is 27.6. The van der Waals surface area contributed by atoms with Gasteiger partial charge in [0.25, 0.3) is 0 Å². The molecule has 5 N–H and O–H groups in total. The molecular weight excluding hydrogens is 1680 g/mol. The van der Waals surface area contributed by atoms with E-state index in [9.17, 15) is 69.9 Å². The lowest BCUT2D eigenvalue weighted by Gasteiger charge is -2.10. The molecule has 0 atom stereocenters. The molecule has 14 aromatic rings. The number of aromatic nitrogens is 6. The Labute approximate surface area is 704 Å². The average Bonchev–Trinajstić information content (AvgIpc) is 1.08. The van der Waals surface area contributed by atoms with Crippen LogP contribution < -0.4 is 20.1 Å². The molecule has 0 amide bonds. The minimum Gasteiger partial charge on any atom is -0.862 e. The van der Waals surface area contributed by atoms with Gasteiger partial charge in [-0.1, -0.05) is 167 Å². The highest BCUT2D eigenvalue weighted by atomic mass is 35.5. The van der Waals surface area contributed by atoms with Crippen LogP contribution in [0.1, 0.15) is 64.1 Å². The first-order valence-corrected chi connectivity index (χ1v) is 44.0. The van der Waals surface area contributed by atoms with Crippen LogP contribution in [0, 0.1) is 27.7 Å². The van der Waals surface area contributed by atoms with Gasteiger partial charge in [0.1, 0.15) is 29.5 Å². The summed E-state index contributed by atoms with van der Waals surface area (Å²) in [4.78, 5) is 25.3. The van der Waals surface area contributed by atoms with Crippen molar-refractivity contribution in [3.8, 4) is 84.1 Å². The van der Waals surface area contributed by atoms with E-state index in [0.29, 0.717) is 57.4 Å². The third-order valence-corrected chi connectivity index (χ3v) is 23.0. The highest BCUT2D eigenvalue weighted by molar-refractivity contribution is 7.91. The highest BCUT2D eigenvalue weighted by Gasteiger charge is 2.34. The second-order valence-corrected chi connectivity index (χ2v) is 35.2. The van der Waals surface area contributed by atoms with Crippen LogP contribution >= 0.6 is 11.6 Å². The van der Waals surface area contributed by atoms with E-state index in [1.54, 1.807) is 71.7 Å². The number of halogens is 7. The maximum Gasteiger partial charge on any atom is 0.416 e. The molecule has 0 spiro atoms. The fourth-order valence-electron chi connectivity index (χ4n) is 12.5. The molecule has 5 aromatic heterocycles. The van der Waals surface area contributed by atoms with E-state index in [4.69, 9.17) is 35.7 Å². The van der Waals surface area contributed by atoms with Gasteiger partial charge in [-0.25, -0.2) is 48.7 Å². The number of aliphatic imine (C=N–C) groups is 1. The normalized spacial score (nSPS) is 12.5. The number of nitrogens with one attached hydrogen (secondary N) is 1. The van der Waals surface area contributed by atoms with E-state index >= 15 is 0 Å². The number of pyridine rings is 2. The smallest absolute Gasteiger partial charge is 0.416 e. The number of alkyl halides is 6. The molecule has 1 aliphatic rings. The number of hydrogen-bond acceptors (Lipinski definition) is 18. The lowest BCUT2D eigenvalue weighted by atomic mass is 9.96. The predicted molar refractivity (Wildman–Crippen MR) is 450 cm³/mol. The molecule has 0 bridgehead atoms. The minimum absolute atomic E-state index is 0.0267. The molecule has 628 valence electrons. The Morgan fingerprint density at radius 2 is 0.926 bits per heavy atom. The summed E-state index contributed by atoms with van der Waals surface area (Å²) in [5.74, 6) is 0.752. The number of hydrogen-bond donors (Lipinski definition) is 3. The number of nitrogens with zero attached hydrogens (tertiary/aromatic N) is 6. The van der Waals surface area contributed by atoms with E-state index in [0.717, 1.165) is 120 Å². The van der Waals surface area contributed by atoms with Crippen LogP contribution in [0.3, 0.4) is 0 Å².